The highest BCUT2D eigenvalue weighted by atomic mass is 35.5. The van der Waals surface area contributed by atoms with Crippen LogP contribution < -0.4 is 0 Å². The molecule has 0 aliphatic carbocycles. The Bertz CT molecular complexity index is 433. The van der Waals surface area contributed by atoms with Crippen molar-refractivity contribution < 1.29 is 0 Å². The zero-order valence-electron chi connectivity index (χ0n) is 9.32. The zero-order valence-corrected chi connectivity index (χ0v) is 10.9. The lowest BCUT2D eigenvalue weighted by atomic mass is 10.1. The molecule has 0 amide bonds. The number of hydrogen-bond acceptors (Lipinski definition) is 1. The van der Waals surface area contributed by atoms with E-state index < -0.39 is 0 Å². The third-order valence-electron chi connectivity index (χ3n) is 2.75. The summed E-state index contributed by atoms with van der Waals surface area (Å²) >= 11 is 8.21. The first kappa shape index (κ1) is 11.7. The number of rotatable bonds is 4. The van der Waals surface area contributed by atoms with E-state index in [1.54, 1.807) is 0 Å². The molecular weight excluding hydrogens is 236 g/mol. The maximum absolute atomic E-state index is 6.38. The molecule has 0 saturated heterocycles. The first-order valence-electron chi connectivity index (χ1n) is 5.49. The van der Waals surface area contributed by atoms with Crippen molar-refractivity contribution in [1.29, 1.82) is 0 Å². The highest BCUT2D eigenvalue weighted by molar-refractivity contribution is 7.10. The zero-order chi connectivity index (χ0) is 11.4. The fraction of sp³-hybridized carbons (Fsp3) is 0.286. The second-order valence-electron chi connectivity index (χ2n) is 3.94. The molecule has 2 rings (SSSR count). The second-order valence-corrected chi connectivity index (χ2v) is 5.47. The molecule has 84 valence electrons. The minimum absolute atomic E-state index is 0.127. The van der Waals surface area contributed by atoms with Crippen LogP contribution in [0.25, 0.3) is 0 Å². The summed E-state index contributed by atoms with van der Waals surface area (Å²) in [5.74, 6) is 0. The first-order valence-corrected chi connectivity index (χ1v) is 6.81. The van der Waals surface area contributed by atoms with Crippen LogP contribution in [0.4, 0.5) is 0 Å². The average molecular weight is 251 g/mol. The maximum Gasteiger partial charge on any atom is 0.0588 e. The van der Waals surface area contributed by atoms with Gasteiger partial charge in [0.2, 0.25) is 0 Å². The lowest BCUT2D eigenvalue weighted by Crippen LogP contribution is -1.93. The number of thiophene rings is 1. The van der Waals surface area contributed by atoms with E-state index >= 15 is 0 Å². The lowest BCUT2D eigenvalue weighted by Gasteiger charge is -2.09. The molecule has 0 bridgehead atoms. The lowest BCUT2D eigenvalue weighted by molar-refractivity contribution is 0.800. The van der Waals surface area contributed by atoms with Gasteiger partial charge in [0, 0.05) is 4.88 Å². The number of aryl methyl sites for hydroxylation is 2. The monoisotopic (exact) mass is 250 g/mol. The van der Waals surface area contributed by atoms with Gasteiger partial charge in [-0.25, -0.2) is 0 Å². The standard InChI is InChI=1S/C14H15ClS/c1-11-9-10-16-14(11)8-7-13(15)12-5-3-2-4-6-12/h2-6,9-10,13H,7-8H2,1H3. The van der Waals surface area contributed by atoms with Gasteiger partial charge in [-0.15, -0.1) is 22.9 Å². The van der Waals surface area contributed by atoms with Crippen LogP contribution in [0.5, 0.6) is 0 Å². The van der Waals surface area contributed by atoms with Gasteiger partial charge in [0.05, 0.1) is 5.38 Å². The van der Waals surface area contributed by atoms with E-state index in [0.29, 0.717) is 0 Å². The van der Waals surface area contributed by atoms with E-state index in [2.05, 4.69) is 30.5 Å². The van der Waals surface area contributed by atoms with Gasteiger partial charge < -0.3 is 0 Å². The summed E-state index contributed by atoms with van der Waals surface area (Å²) in [5.41, 5.74) is 2.61. The third kappa shape index (κ3) is 2.87. The van der Waals surface area contributed by atoms with Gasteiger partial charge in [0.1, 0.15) is 0 Å². The van der Waals surface area contributed by atoms with Gasteiger partial charge in [-0.2, -0.15) is 0 Å². The third-order valence-corrected chi connectivity index (χ3v) is 4.31. The quantitative estimate of drug-likeness (QED) is 0.672. The van der Waals surface area contributed by atoms with Crippen molar-refractivity contribution >= 4 is 22.9 Å². The Morgan fingerprint density at radius 3 is 2.56 bits per heavy atom. The second kappa shape index (κ2) is 5.51. The maximum atomic E-state index is 6.38. The van der Waals surface area contributed by atoms with Gasteiger partial charge >= 0.3 is 0 Å². The van der Waals surface area contributed by atoms with E-state index in [9.17, 15) is 0 Å². The van der Waals surface area contributed by atoms with Crippen LogP contribution in [-0.2, 0) is 6.42 Å². The molecule has 2 aromatic rings. The van der Waals surface area contributed by atoms with Crippen molar-refractivity contribution in [3.8, 4) is 0 Å². The molecule has 0 spiro atoms. The Kier molecular flexibility index (Phi) is 4.03. The summed E-state index contributed by atoms with van der Waals surface area (Å²) in [6, 6.07) is 12.5. The van der Waals surface area contributed by atoms with Crippen molar-refractivity contribution in [2.24, 2.45) is 0 Å². The fourth-order valence-electron chi connectivity index (χ4n) is 1.75. The Labute approximate surface area is 106 Å². The molecule has 0 saturated carbocycles. The number of hydrogen-bond donors (Lipinski definition) is 0. The molecule has 1 aromatic carbocycles. The number of alkyl halides is 1. The van der Waals surface area contributed by atoms with Gasteiger partial charge in [-0.3, -0.25) is 0 Å². The Morgan fingerprint density at radius 1 is 1.19 bits per heavy atom. The predicted molar refractivity (Wildman–Crippen MR) is 72.4 cm³/mol. The van der Waals surface area contributed by atoms with Gasteiger partial charge in [0.25, 0.3) is 0 Å². The van der Waals surface area contributed by atoms with Crippen LogP contribution >= 0.6 is 22.9 Å². The van der Waals surface area contributed by atoms with Crippen LogP contribution in [-0.4, -0.2) is 0 Å². The van der Waals surface area contributed by atoms with E-state index in [4.69, 9.17) is 11.6 Å². The highest BCUT2D eigenvalue weighted by Gasteiger charge is 2.08. The summed E-state index contributed by atoms with van der Waals surface area (Å²) in [6.45, 7) is 2.16. The molecular formula is C14H15ClS. The summed E-state index contributed by atoms with van der Waals surface area (Å²) in [5, 5.41) is 2.28. The van der Waals surface area contributed by atoms with Gasteiger partial charge in [0.15, 0.2) is 0 Å². The molecule has 0 aliphatic rings. The largest absolute Gasteiger partial charge is 0.149 e. The molecule has 16 heavy (non-hydrogen) atoms. The fourth-order valence-corrected chi connectivity index (χ4v) is 2.93. The summed E-state index contributed by atoms with van der Waals surface area (Å²) in [7, 11) is 0. The Balaban J connectivity index is 1.94. The minimum Gasteiger partial charge on any atom is -0.149 e. The smallest absolute Gasteiger partial charge is 0.0588 e. The normalized spacial score (nSPS) is 12.6. The summed E-state index contributed by atoms with van der Waals surface area (Å²) in [4.78, 5) is 1.46. The molecule has 0 fully saturated rings. The van der Waals surface area contributed by atoms with Crippen molar-refractivity contribution in [3.63, 3.8) is 0 Å². The first-order chi connectivity index (χ1) is 7.77. The predicted octanol–water partition coefficient (Wildman–Crippen LogP) is 4.97. The Hall–Kier alpha value is -0.790. The van der Waals surface area contributed by atoms with Crippen LogP contribution in [0.1, 0.15) is 27.8 Å². The van der Waals surface area contributed by atoms with Crippen LogP contribution in [0.2, 0.25) is 0 Å². The van der Waals surface area contributed by atoms with Crippen LogP contribution in [0, 0.1) is 6.92 Å². The number of benzene rings is 1. The van der Waals surface area contributed by atoms with Gasteiger partial charge in [-0.05, 0) is 42.3 Å². The number of halogens is 1. The van der Waals surface area contributed by atoms with Crippen molar-refractivity contribution in [2.75, 3.05) is 0 Å². The van der Waals surface area contributed by atoms with Crippen molar-refractivity contribution in [2.45, 2.75) is 25.1 Å². The molecule has 0 aliphatic heterocycles. The molecule has 1 heterocycles. The van der Waals surface area contributed by atoms with Crippen LogP contribution in [0.3, 0.4) is 0 Å². The van der Waals surface area contributed by atoms with E-state index in [0.717, 1.165) is 12.8 Å². The summed E-state index contributed by atoms with van der Waals surface area (Å²) < 4.78 is 0. The SMILES string of the molecule is Cc1ccsc1CCC(Cl)c1ccccc1. The Morgan fingerprint density at radius 2 is 1.94 bits per heavy atom. The molecule has 1 atom stereocenters. The molecule has 1 aromatic heterocycles. The molecule has 1 unspecified atom stereocenters. The topological polar surface area (TPSA) is 0 Å². The van der Waals surface area contributed by atoms with Crippen molar-refractivity contribution in [1.82, 2.24) is 0 Å². The van der Waals surface area contributed by atoms with E-state index in [-0.39, 0.29) is 5.38 Å². The average Bonchev–Trinajstić information content (AvgIpc) is 2.73. The minimum atomic E-state index is 0.127. The van der Waals surface area contributed by atoms with E-state index in [1.807, 2.05) is 29.5 Å². The van der Waals surface area contributed by atoms with Crippen molar-refractivity contribution in [3.05, 3.63) is 57.8 Å². The van der Waals surface area contributed by atoms with Crippen LogP contribution in [0.15, 0.2) is 41.8 Å². The molecule has 0 nitrogen and oxygen atoms in total. The molecule has 0 N–H and O–H groups in total. The molecule has 2 heteroatoms. The van der Waals surface area contributed by atoms with E-state index in [1.165, 1.54) is 16.0 Å². The van der Waals surface area contributed by atoms with Gasteiger partial charge in [-0.1, -0.05) is 30.3 Å². The highest BCUT2D eigenvalue weighted by Crippen LogP contribution is 2.27. The molecule has 0 radical (unpaired) electrons. The summed E-state index contributed by atoms with van der Waals surface area (Å²) in [6.07, 6.45) is 2.08.